The van der Waals surface area contributed by atoms with Crippen LogP contribution < -0.4 is 10.6 Å². The van der Waals surface area contributed by atoms with E-state index >= 15 is 0 Å². The lowest BCUT2D eigenvalue weighted by molar-refractivity contribution is -0.197. The third-order valence-corrected chi connectivity index (χ3v) is 5.10. The highest BCUT2D eigenvalue weighted by atomic mass is 16.8. The molecular weight excluding hydrogens is 391 g/mol. The van der Waals surface area contributed by atoms with Crippen LogP contribution >= 0.6 is 0 Å². The molecule has 2 saturated heterocycles. The van der Waals surface area contributed by atoms with E-state index in [0.29, 0.717) is 17.6 Å². The van der Waals surface area contributed by atoms with Gasteiger partial charge in [0.25, 0.3) is 11.8 Å². The number of hydrogen-bond acceptors (Lipinski definition) is 8. The molecule has 2 N–H and O–H groups in total. The van der Waals surface area contributed by atoms with E-state index in [4.69, 9.17) is 4.84 Å². The lowest BCUT2D eigenvalue weighted by Crippen LogP contribution is -2.59. The minimum Gasteiger partial charge on any atom is -0.355 e. The monoisotopic (exact) mass is 420 g/mol. The predicted octanol–water partition coefficient (Wildman–Crippen LogP) is -1.76. The van der Waals surface area contributed by atoms with Crippen molar-refractivity contribution in [2.75, 3.05) is 40.3 Å². The first-order valence-electron chi connectivity index (χ1n) is 9.70. The molecule has 11 nitrogen and oxygen atoms in total. The highest BCUT2D eigenvalue weighted by Gasteiger charge is 2.33. The molecule has 0 aromatic heterocycles. The second kappa shape index (κ2) is 10.3. The second-order valence-electron chi connectivity index (χ2n) is 7.43. The second-order valence-corrected chi connectivity index (χ2v) is 7.43. The zero-order chi connectivity index (χ0) is 21.6. The molecule has 2 heterocycles. The van der Waals surface area contributed by atoms with Gasteiger partial charge in [0.15, 0.2) is 0 Å². The maximum absolute atomic E-state index is 12.3. The molecule has 2 rings (SSSR count). The highest BCUT2D eigenvalue weighted by Crippen LogP contribution is 2.13. The summed E-state index contributed by atoms with van der Waals surface area (Å²) in [5, 5.41) is 5.77. The zero-order valence-electron chi connectivity index (χ0n) is 17.1. The molecule has 2 atom stereocenters. The van der Waals surface area contributed by atoms with Crippen molar-refractivity contribution in [1.29, 1.82) is 0 Å². The fourth-order valence-electron chi connectivity index (χ4n) is 3.17. The maximum Gasteiger partial charge on any atom is 0.334 e. The summed E-state index contributed by atoms with van der Waals surface area (Å²) in [5.41, 5.74) is 0. The van der Waals surface area contributed by atoms with E-state index in [-0.39, 0.29) is 56.6 Å². The predicted molar refractivity (Wildman–Crippen MR) is 101 cm³/mol. The first kappa shape index (κ1) is 22.8. The summed E-state index contributed by atoms with van der Waals surface area (Å²) in [6, 6.07) is 0.119. The Kier molecular flexibility index (Phi) is 8.09. The summed E-state index contributed by atoms with van der Waals surface area (Å²) < 4.78 is 0. The SMILES string of the molecule is CC1CN([13CH3])C(C(=O)[15NH]C[13CH2][13C](=O)[15NH][13CH2][13CH2][13C](=O)ON2C(=O)CCC2=O)C[15N]1C. The van der Waals surface area contributed by atoms with Gasteiger partial charge in [-0.1, -0.05) is 0 Å². The molecule has 11 heteroatoms. The van der Waals surface area contributed by atoms with Gasteiger partial charge in [-0.15, -0.1) is 5.06 Å². The van der Waals surface area contributed by atoms with Crippen LogP contribution in [0.1, 0.15) is 32.6 Å². The van der Waals surface area contributed by atoms with Crippen molar-refractivity contribution in [2.24, 2.45) is 0 Å². The van der Waals surface area contributed by atoms with Crippen molar-refractivity contribution in [3.63, 3.8) is 0 Å². The summed E-state index contributed by atoms with van der Waals surface area (Å²) in [6.07, 6.45) is -0.0415. The number of nitrogens with one attached hydrogen (secondary N) is 2. The zero-order valence-corrected chi connectivity index (χ0v) is 17.1. The van der Waals surface area contributed by atoms with Gasteiger partial charge in [0, 0.05) is 51.5 Å². The molecule has 0 aromatic carbocycles. The summed E-state index contributed by atoms with van der Waals surface area (Å²) in [7, 11) is 3.88. The lowest BCUT2D eigenvalue weighted by atomic mass is 10.2. The molecule has 29 heavy (non-hydrogen) atoms. The molecule has 4 amide bonds. The third kappa shape index (κ3) is 6.50. The van der Waals surface area contributed by atoms with Gasteiger partial charge in [-0.05, 0) is 21.0 Å². The van der Waals surface area contributed by atoms with E-state index in [0.717, 1.165) is 6.54 Å². The number of imide groups is 1. The molecule has 0 bridgehead atoms. The maximum atomic E-state index is 12.3. The summed E-state index contributed by atoms with van der Waals surface area (Å²) >= 11 is 0. The molecule has 2 fully saturated rings. The summed E-state index contributed by atoms with van der Waals surface area (Å²) in [6.45, 7) is 3.72. The molecule has 2 aliphatic heterocycles. The van der Waals surface area contributed by atoms with Crippen LogP contribution in [0.3, 0.4) is 0 Å². The van der Waals surface area contributed by atoms with E-state index in [1.54, 1.807) is 0 Å². The average molecular weight is 420 g/mol. The topological polar surface area (TPSA) is 128 Å². The van der Waals surface area contributed by atoms with Gasteiger partial charge in [0.2, 0.25) is 11.8 Å². The van der Waals surface area contributed by atoms with Crippen LogP contribution in [0.25, 0.3) is 0 Å². The smallest absolute Gasteiger partial charge is 0.334 e. The van der Waals surface area contributed by atoms with Crippen LogP contribution in [0.5, 0.6) is 0 Å². The Morgan fingerprint density at radius 1 is 0.966 bits per heavy atom. The van der Waals surface area contributed by atoms with Crippen molar-refractivity contribution in [3.05, 3.63) is 0 Å². The fraction of sp³-hybridized carbons (Fsp3) is 0.722. The lowest BCUT2D eigenvalue weighted by Gasteiger charge is -2.41. The number of nitrogens with zero attached hydrogens (tertiary/aromatic N) is 3. The van der Waals surface area contributed by atoms with E-state index in [2.05, 4.69) is 22.5 Å². The van der Waals surface area contributed by atoms with Crippen LogP contribution in [0.15, 0.2) is 0 Å². The minimum atomic E-state index is -0.777. The van der Waals surface area contributed by atoms with Crippen LogP contribution in [-0.2, 0) is 28.8 Å². The molecule has 2 unspecified atom stereocenters. The van der Waals surface area contributed by atoms with Gasteiger partial charge in [-0.3, -0.25) is 24.1 Å². The molecule has 0 aliphatic carbocycles. The molecular formula is C18H29N5O6. The van der Waals surface area contributed by atoms with Crippen molar-refractivity contribution in [1.82, 2.24) is 25.5 Å². The Hall–Kier alpha value is -2.53. The number of hydroxylamine groups is 2. The standard InChI is InChI=1S/C18H29N5O6/c1-12-10-22(3)13(11-21(12)2)18(28)20-8-6-14(24)19-9-7-17(27)29-23-15(25)4-5-16(23)26/h12-13H,4-11H2,1-3H3,(H,19,24)(H,20,28)/i3+1,6+1,7+1,9+1,14+1,17+1,19+1,20+1,21+1. The molecule has 0 aromatic rings. The first-order valence-corrected chi connectivity index (χ1v) is 9.70. The largest absolute Gasteiger partial charge is 0.355 e. The molecule has 0 spiro atoms. The van der Waals surface area contributed by atoms with Gasteiger partial charge < -0.3 is 20.4 Å². The minimum absolute atomic E-state index is 0.00980. The van der Waals surface area contributed by atoms with E-state index in [1.165, 1.54) is 0 Å². The molecule has 2 aliphatic rings. The normalized spacial score (nSPS) is 23.2. The summed E-state index contributed by atoms with van der Waals surface area (Å²) in [4.78, 5) is 67.4. The fourth-order valence-corrected chi connectivity index (χ4v) is 3.17. The average Bonchev–Trinajstić information content (AvgIpc) is 2.96. The number of rotatable bonds is 8. The Labute approximate surface area is 169 Å². The van der Waals surface area contributed by atoms with Gasteiger partial charge >= 0.3 is 5.97 Å². The Morgan fingerprint density at radius 2 is 1.59 bits per heavy atom. The molecule has 0 radical (unpaired) electrons. The number of carbonyl (C=O) groups excluding carboxylic acids is 5. The van der Waals surface area contributed by atoms with Gasteiger partial charge in [-0.25, -0.2) is 4.79 Å². The molecule has 0 saturated carbocycles. The number of carbonyl (C=O) groups is 5. The van der Waals surface area contributed by atoms with Crippen molar-refractivity contribution >= 4 is 29.6 Å². The van der Waals surface area contributed by atoms with Crippen LogP contribution in [0, 0.1) is 0 Å². The van der Waals surface area contributed by atoms with Crippen LogP contribution in [-0.4, -0.2) is 96.8 Å². The van der Waals surface area contributed by atoms with E-state index in [1.807, 2.05) is 19.0 Å². The van der Waals surface area contributed by atoms with E-state index in [9.17, 15) is 24.0 Å². The van der Waals surface area contributed by atoms with Gasteiger partial charge in [0.1, 0.15) is 6.04 Å². The molecule has 162 valence electrons. The number of likely N-dealkylation sites (N-methyl/N-ethyl adjacent to an activating group) is 2. The van der Waals surface area contributed by atoms with Crippen LogP contribution in [0.4, 0.5) is 0 Å². The van der Waals surface area contributed by atoms with Gasteiger partial charge in [0.05, 0.1) is 6.42 Å². The highest BCUT2D eigenvalue weighted by molar-refractivity contribution is 6.01. The van der Waals surface area contributed by atoms with Gasteiger partial charge in [-0.2, -0.15) is 0 Å². The Bertz CT molecular complexity index is 653. The number of piperazine rings is 1. The summed E-state index contributed by atoms with van der Waals surface area (Å²) in [5.74, 6) is -2.32. The number of amides is 4. The van der Waals surface area contributed by atoms with Crippen molar-refractivity contribution in [3.8, 4) is 0 Å². The quantitative estimate of drug-likeness (QED) is 0.269. The number of hydrogen-bond donors (Lipinski definition) is 2. The first-order chi connectivity index (χ1) is 13.7. The van der Waals surface area contributed by atoms with E-state index < -0.39 is 17.8 Å². The van der Waals surface area contributed by atoms with Crippen molar-refractivity contribution < 1.29 is 28.8 Å². The Balaban J connectivity index is 1.60. The Morgan fingerprint density at radius 3 is 2.24 bits per heavy atom. The van der Waals surface area contributed by atoms with Crippen molar-refractivity contribution in [2.45, 2.75) is 44.7 Å². The third-order valence-electron chi connectivity index (χ3n) is 5.10. The van der Waals surface area contributed by atoms with Crippen LogP contribution in [0.2, 0.25) is 0 Å².